The van der Waals surface area contributed by atoms with Gasteiger partial charge in [0.2, 0.25) is 11.0 Å². The molecule has 0 aliphatic heterocycles. The van der Waals surface area contributed by atoms with Gasteiger partial charge in [-0.05, 0) is 11.6 Å². The van der Waals surface area contributed by atoms with E-state index in [1.165, 1.54) is 29.2 Å². The zero-order chi connectivity index (χ0) is 20.1. The van der Waals surface area contributed by atoms with Crippen LogP contribution in [0.2, 0.25) is 0 Å². The molecule has 2 heterocycles. The molecule has 0 atom stereocenters. The summed E-state index contributed by atoms with van der Waals surface area (Å²) in [6, 6.07) is 17.9. The molecule has 146 valence electrons. The van der Waals surface area contributed by atoms with Gasteiger partial charge in [-0.1, -0.05) is 76.8 Å². The van der Waals surface area contributed by atoms with Gasteiger partial charge in [0.15, 0.2) is 4.34 Å². The van der Waals surface area contributed by atoms with Crippen molar-refractivity contribution in [3.63, 3.8) is 0 Å². The van der Waals surface area contributed by atoms with Gasteiger partial charge in [0, 0.05) is 17.4 Å². The number of anilines is 1. The third-order valence-electron chi connectivity index (χ3n) is 3.93. The number of thioether (sulfide) groups is 1. The number of nitrogens with one attached hydrogen (secondary N) is 1. The Bertz CT molecular complexity index is 1110. The van der Waals surface area contributed by atoms with E-state index >= 15 is 0 Å². The molecule has 4 rings (SSSR count). The van der Waals surface area contributed by atoms with E-state index in [9.17, 15) is 9.18 Å². The van der Waals surface area contributed by atoms with Gasteiger partial charge < -0.3 is 9.84 Å². The SMILES string of the molecule is O=C(Cc1cc(-c2ccccc2)no1)Nc1nnc(SCc2ccccc2F)s1. The van der Waals surface area contributed by atoms with Crippen molar-refractivity contribution in [2.45, 2.75) is 16.5 Å². The molecule has 1 amide bonds. The standard InChI is InChI=1S/C20H15FN4O2S2/c21-16-9-5-4-8-14(16)12-28-20-24-23-19(29-20)22-18(26)11-15-10-17(25-27-15)13-6-2-1-3-7-13/h1-10H,11-12H2,(H,22,23,26). The van der Waals surface area contributed by atoms with E-state index in [4.69, 9.17) is 4.52 Å². The lowest BCUT2D eigenvalue weighted by molar-refractivity contribution is -0.115. The first-order chi connectivity index (χ1) is 14.2. The second-order valence-corrected chi connectivity index (χ2v) is 8.22. The zero-order valence-electron chi connectivity index (χ0n) is 15.0. The average molecular weight is 426 g/mol. The number of halogens is 1. The van der Waals surface area contributed by atoms with E-state index < -0.39 is 0 Å². The second-order valence-electron chi connectivity index (χ2n) is 6.02. The molecular weight excluding hydrogens is 411 g/mol. The summed E-state index contributed by atoms with van der Waals surface area (Å²) in [5.41, 5.74) is 2.19. The van der Waals surface area contributed by atoms with Crippen molar-refractivity contribution >= 4 is 34.1 Å². The van der Waals surface area contributed by atoms with Crippen molar-refractivity contribution in [2.24, 2.45) is 0 Å². The molecule has 0 spiro atoms. The van der Waals surface area contributed by atoms with Crippen molar-refractivity contribution in [1.82, 2.24) is 15.4 Å². The largest absolute Gasteiger partial charge is 0.360 e. The van der Waals surface area contributed by atoms with E-state index in [1.54, 1.807) is 24.3 Å². The van der Waals surface area contributed by atoms with Crippen LogP contribution < -0.4 is 5.32 Å². The first-order valence-corrected chi connectivity index (χ1v) is 10.5. The van der Waals surface area contributed by atoms with Crippen molar-refractivity contribution in [3.05, 3.63) is 77.8 Å². The van der Waals surface area contributed by atoms with Crippen LogP contribution in [-0.4, -0.2) is 21.3 Å². The summed E-state index contributed by atoms with van der Waals surface area (Å²) < 4.78 is 19.6. The smallest absolute Gasteiger partial charge is 0.233 e. The molecule has 0 radical (unpaired) electrons. The molecule has 0 saturated heterocycles. The van der Waals surface area contributed by atoms with Crippen molar-refractivity contribution in [2.75, 3.05) is 5.32 Å². The quantitative estimate of drug-likeness (QED) is 0.338. The van der Waals surface area contributed by atoms with E-state index in [0.717, 1.165) is 5.56 Å². The predicted molar refractivity (Wildman–Crippen MR) is 110 cm³/mol. The summed E-state index contributed by atoms with van der Waals surface area (Å²) in [5.74, 6) is 0.373. The zero-order valence-corrected chi connectivity index (χ0v) is 16.7. The maximum atomic E-state index is 13.7. The molecule has 0 bridgehead atoms. The summed E-state index contributed by atoms with van der Waals surface area (Å²) in [5, 5.41) is 15.1. The summed E-state index contributed by atoms with van der Waals surface area (Å²) >= 11 is 2.60. The molecule has 0 saturated carbocycles. The molecule has 2 aromatic carbocycles. The molecule has 4 aromatic rings. The number of amides is 1. The second kappa shape index (κ2) is 8.97. The van der Waals surface area contributed by atoms with E-state index in [2.05, 4.69) is 20.7 Å². The number of hydrogen-bond donors (Lipinski definition) is 1. The van der Waals surface area contributed by atoms with Gasteiger partial charge in [0.25, 0.3) is 0 Å². The molecule has 6 nitrogen and oxygen atoms in total. The lowest BCUT2D eigenvalue weighted by Gasteiger charge is -1.99. The highest BCUT2D eigenvalue weighted by molar-refractivity contribution is 8.00. The van der Waals surface area contributed by atoms with E-state index in [1.807, 2.05) is 30.3 Å². The molecule has 0 aliphatic carbocycles. The summed E-state index contributed by atoms with van der Waals surface area (Å²) in [7, 11) is 0. The number of rotatable bonds is 7. The Balaban J connectivity index is 1.31. The number of carbonyl (C=O) groups is 1. The van der Waals surface area contributed by atoms with Crippen LogP contribution >= 0.6 is 23.1 Å². The third kappa shape index (κ3) is 5.07. The fourth-order valence-electron chi connectivity index (χ4n) is 2.54. The number of benzene rings is 2. The Labute approximate surface area is 174 Å². The van der Waals surface area contributed by atoms with Gasteiger partial charge in [0.05, 0.1) is 6.42 Å². The van der Waals surface area contributed by atoms with E-state index in [0.29, 0.717) is 32.2 Å². The molecular formula is C20H15FN4O2S2. The van der Waals surface area contributed by atoms with Crippen molar-refractivity contribution in [3.8, 4) is 11.3 Å². The number of aromatic nitrogens is 3. The summed E-state index contributed by atoms with van der Waals surface area (Å²) in [6.07, 6.45) is 0.0388. The Morgan fingerprint density at radius 1 is 1.10 bits per heavy atom. The molecule has 1 N–H and O–H groups in total. The maximum absolute atomic E-state index is 13.7. The van der Waals surface area contributed by atoms with Gasteiger partial charge in [-0.2, -0.15) is 0 Å². The normalized spacial score (nSPS) is 10.8. The van der Waals surface area contributed by atoms with Gasteiger partial charge in [0.1, 0.15) is 17.3 Å². The highest BCUT2D eigenvalue weighted by Crippen LogP contribution is 2.29. The average Bonchev–Trinajstić information content (AvgIpc) is 3.37. The minimum atomic E-state index is -0.275. The maximum Gasteiger partial charge on any atom is 0.233 e. The van der Waals surface area contributed by atoms with Crippen LogP contribution in [0.4, 0.5) is 9.52 Å². The fraction of sp³-hybridized carbons (Fsp3) is 0.100. The molecule has 2 aromatic heterocycles. The Morgan fingerprint density at radius 2 is 1.90 bits per heavy atom. The fourth-order valence-corrected chi connectivity index (χ4v) is 4.29. The molecule has 29 heavy (non-hydrogen) atoms. The first-order valence-electron chi connectivity index (χ1n) is 8.68. The molecule has 0 aliphatic rings. The van der Waals surface area contributed by atoms with Crippen LogP contribution in [-0.2, 0) is 17.0 Å². The van der Waals surface area contributed by atoms with Crippen LogP contribution in [0.5, 0.6) is 0 Å². The number of nitrogens with zero attached hydrogens (tertiary/aromatic N) is 3. The minimum absolute atomic E-state index is 0.0388. The van der Waals surface area contributed by atoms with Gasteiger partial charge in [-0.3, -0.25) is 4.79 Å². The van der Waals surface area contributed by atoms with Crippen molar-refractivity contribution in [1.29, 1.82) is 0 Å². The van der Waals surface area contributed by atoms with Crippen LogP contribution in [0.3, 0.4) is 0 Å². The van der Waals surface area contributed by atoms with Gasteiger partial charge in [-0.15, -0.1) is 10.2 Å². The topological polar surface area (TPSA) is 80.9 Å². The van der Waals surface area contributed by atoms with Gasteiger partial charge in [-0.25, -0.2) is 4.39 Å². The predicted octanol–water partition coefficient (Wildman–Crippen LogP) is 4.81. The van der Waals surface area contributed by atoms with Crippen molar-refractivity contribution < 1.29 is 13.7 Å². The summed E-state index contributed by atoms with van der Waals surface area (Å²) in [6.45, 7) is 0. The Kier molecular flexibility index (Phi) is 5.97. The molecule has 9 heteroatoms. The third-order valence-corrected chi connectivity index (χ3v) is 5.95. The highest BCUT2D eigenvalue weighted by Gasteiger charge is 2.14. The van der Waals surface area contributed by atoms with Crippen LogP contribution in [0.1, 0.15) is 11.3 Å². The van der Waals surface area contributed by atoms with Crippen LogP contribution in [0, 0.1) is 5.82 Å². The Hall–Kier alpha value is -3.04. The number of carbonyl (C=O) groups excluding carboxylic acids is 1. The Morgan fingerprint density at radius 3 is 2.72 bits per heavy atom. The molecule has 0 unspecified atom stereocenters. The lowest BCUT2D eigenvalue weighted by atomic mass is 10.1. The lowest BCUT2D eigenvalue weighted by Crippen LogP contribution is -2.13. The highest BCUT2D eigenvalue weighted by atomic mass is 32.2. The van der Waals surface area contributed by atoms with E-state index in [-0.39, 0.29) is 18.1 Å². The monoisotopic (exact) mass is 426 g/mol. The van der Waals surface area contributed by atoms with Gasteiger partial charge >= 0.3 is 0 Å². The number of hydrogen-bond acceptors (Lipinski definition) is 7. The van der Waals surface area contributed by atoms with Crippen LogP contribution in [0.15, 0.2) is 69.5 Å². The first kappa shape index (κ1) is 19.3. The van der Waals surface area contributed by atoms with Crippen LogP contribution in [0.25, 0.3) is 11.3 Å². The molecule has 0 fully saturated rings. The summed E-state index contributed by atoms with van der Waals surface area (Å²) in [4.78, 5) is 12.2. The minimum Gasteiger partial charge on any atom is -0.360 e.